The van der Waals surface area contributed by atoms with Gasteiger partial charge in [0, 0.05) is 60.1 Å². The predicted octanol–water partition coefficient (Wildman–Crippen LogP) is 5.34. The number of halogens is 2. The number of benzene rings is 2. The average Bonchev–Trinajstić information content (AvgIpc) is 3.17. The zero-order chi connectivity index (χ0) is 23.0. The van der Waals surface area contributed by atoms with Crippen molar-refractivity contribution in [3.8, 4) is 0 Å². The second-order valence-electron chi connectivity index (χ2n) is 8.30. The van der Waals surface area contributed by atoms with Gasteiger partial charge in [-0.05, 0) is 55.0 Å². The van der Waals surface area contributed by atoms with Crippen molar-refractivity contribution < 1.29 is 4.79 Å². The largest absolute Gasteiger partial charge is 0.369 e. The van der Waals surface area contributed by atoms with Crippen LogP contribution in [0.15, 0.2) is 53.6 Å². The minimum atomic E-state index is -0.0828. The molecule has 0 aliphatic heterocycles. The Kier molecular flexibility index (Phi) is 8.30. The molecule has 1 aliphatic rings. The van der Waals surface area contributed by atoms with E-state index in [-0.39, 0.29) is 5.91 Å². The molecule has 0 saturated carbocycles. The van der Waals surface area contributed by atoms with Crippen molar-refractivity contribution in [3.63, 3.8) is 0 Å². The third-order valence-corrected chi connectivity index (χ3v) is 6.55. The van der Waals surface area contributed by atoms with Gasteiger partial charge in [-0.25, -0.2) is 5.43 Å². The number of alkyl halides is 2. The summed E-state index contributed by atoms with van der Waals surface area (Å²) in [6, 6.07) is 16.5. The lowest BCUT2D eigenvalue weighted by molar-refractivity contribution is -0.121. The van der Waals surface area contributed by atoms with Crippen molar-refractivity contribution in [2.45, 2.75) is 38.6 Å². The Labute approximate surface area is 205 Å². The number of anilines is 1. The number of hydrogen-bond acceptors (Lipinski definition) is 3. The van der Waals surface area contributed by atoms with Crippen molar-refractivity contribution >= 4 is 51.9 Å². The number of aromatic nitrogens is 1. The molecule has 174 valence electrons. The molecular formula is C26H30Cl2N4O. The van der Waals surface area contributed by atoms with Crippen LogP contribution < -0.4 is 10.3 Å². The van der Waals surface area contributed by atoms with Crippen LogP contribution in [0.2, 0.25) is 0 Å². The number of rotatable bonds is 10. The number of aryl methyl sites for hydroxylation is 2. The number of hydrogen-bond donors (Lipinski definition) is 1. The topological polar surface area (TPSA) is 49.6 Å². The van der Waals surface area contributed by atoms with Gasteiger partial charge in [0.2, 0.25) is 5.91 Å². The molecule has 1 aromatic heterocycles. The van der Waals surface area contributed by atoms with E-state index in [1.54, 1.807) is 6.21 Å². The first-order chi connectivity index (χ1) is 16.2. The molecule has 1 heterocycles. The Morgan fingerprint density at radius 1 is 1.03 bits per heavy atom. The summed E-state index contributed by atoms with van der Waals surface area (Å²) in [5, 5.41) is 5.49. The van der Waals surface area contributed by atoms with Crippen LogP contribution in [0, 0.1) is 0 Å². The SMILES string of the molecule is O=C(CCn1c2c(c3ccccc31)CCCC2)NN=Cc1ccc(N(CCCl)CCCl)cc1. The molecule has 0 radical (unpaired) electrons. The molecular weight excluding hydrogens is 455 g/mol. The number of nitrogens with one attached hydrogen (secondary N) is 1. The van der Waals surface area contributed by atoms with Crippen LogP contribution >= 0.6 is 23.2 Å². The van der Waals surface area contributed by atoms with Crippen molar-refractivity contribution in [1.29, 1.82) is 0 Å². The molecule has 33 heavy (non-hydrogen) atoms. The van der Waals surface area contributed by atoms with Gasteiger partial charge in [-0.2, -0.15) is 5.10 Å². The van der Waals surface area contributed by atoms with E-state index >= 15 is 0 Å². The predicted molar refractivity (Wildman–Crippen MR) is 139 cm³/mol. The van der Waals surface area contributed by atoms with Gasteiger partial charge in [-0.15, -0.1) is 23.2 Å². The lowest BCUT2D eigenvalue weighted by Crippen LogP contribution is -2.27. The van der Waals surface area contributed by atoms with Crippen LogP contribution in [0.5, 0.6) is 0 Å². The van der Waals surface area contributed by atoms with Gasteiger partial charge >= 0.3 is 0 Å². The van der Waals surface area contributed by atoms with Crippen LogP contribution in [0.3, 0.4) is 0 Å². The Morgan fingerprint density at radius 2 is 1.76 bits per heavy atom. The average molecular weight is 485 g/mol. The molecule has 4 rings (SSSR count). The first-order valence-electron chi connectivity index (χ1n) is 11.6. The van der Waals surface area contributed by atoms with Gasteiger partial charge in [-0.3, -0.25) is 4.79 Å². The fourth-order valence-corrected chi connectivity index (χ4v) is 5.04. The summed E-state index contributed by atoms with van der Waals surface area (Å²) >= 11 is 11.8. The highest BCUT2D eigenvalue weighted by Gasteiger charge is 2.19. The fraction of sp³-hybridized carbons (Fsp3) is 0.385. The number of carbonyl (C=O) groups is 1. The van der Waals surface area contributed by atoms with Gasteiger partial charge in [0.25, 0.3) is 0 Å². The number of hydrazone groups is 1. The molecule has 0 bridgehead atoms. The van der Waals surface area contributed by atoms with Crippen LogP contribution in [-0.4, -0.2) is 41.5 Å². The molecule has 7 heteroatoms. The van der Waals surface area contributed by atoms with E-state index < -0.39 is 0 Å². The Hall–Kier alpha value is -2.50. The highest BCUT2D eigenvalue weighted by Crippen LogP contribution is 2.32. The van der Waals surface area contributed by atoms with Crippen molar-refractivity contribution in [1.82, 2.24) is 9.99 Å². The summed E-state index contributed by atoms with van der Waals surface area (Å²) in [7, 11) is 0. The van der Waals surface area contributed by atoms with E-state index in [0.717, 1.165) is 37.2 Å². The lowest BCUT2D eigenvalue weighted by atomic mass is 9.95. The number of nitrogens with zero attached hydrogens (tertiary/aromatic N) is 3. The van der Waals surface area contributed by atoms with Gasteiger partial charge in [-0.1, -0.05) is 30.3 Å². The zero-order valence-corrected chi connectivity index (χ0v) is 20.3. The Balaban J connectivity index is 1.34. The molecule has 0 unspecified atom stereocenters. The lowest BCUT2D eigenvalue weighted by Gasteiger charge is -2.22. The molecule has 5 nitrogen and oxygen atoms in total. The molecule has 0 atom stereocenters. The zero-order valence-electron chi connectivity index (χ0n) is 18.8. The molecule has 1 amide bonds. The summed E-state index contributed by atoms with van der Waals surface area (Å²) < 4.78 is 2.33. The third-order valence-electron chi connectivity index (χ3n) is 6.22. The van der Waals surface area contributed by atoms with Crippen molar-refractivity contribution in [3.05, 3.63) is 65.4 Å². The molecule has 0 saturated heterocycles. The van der Waals surface area contributed by atoms with Gasteiger partial charge in [0.15, 0.2) is 0 Å². The van der Waals surface area contributed by atoms with E-state index in [1.165, 1.54) is 35.0 Å². The first-order valence-corrected chi connectivity index (χ1v) is 12.7. The quantitative estimate of drug-likeness (QED) is 0.239. The molecule has 1 N–H and O–H groups in total. The Bertz CT molecular complexity index is 1100. The molecule has 3 aromatic rings. The highest BCUT2D eigenvalue weighted by molar-refractivity contribution is 6.18. The van der Waals surface area contributed by atoms with Crippen LogP contribution in [0.25, 0.3) is 10.9 Å². The first kappa shape index (κ1) is 23.7. The second-order valence-corrected chi connectivity index (χ2v) is 9.06. The molecule has 0 spiro atoms. The summed E-state index contributed by atoms with van der Waals surface area (Å²) in [5.41, 5.74) is 8.76. The van der Waals surface area contributed by atoms with Crippen molar-refractivity contribution in [2.24, 2.45) is 5.10 Å². The van der Waals surface area contributed by atoms with Crippen LogP contribution in [0.4, 0.5) is 5.69 Å². The summed E-state index contributed by atoms with van der Waals surface area (Å²) in [5.74, 6) is 1.02. The second kappa shape index (κ2) is 11.6. The maximum atomic E-state index is 12.5. The summed E-state index contributed by atoms with van der Waals surface area (Å²) in [6.07, 6.45) is 6.75. The van der Waals surface area contributed by atoms with Crippen LogP contribution in [0.1, 0.15) is 36.1 Å². The normalized spacial score (nSPS) is 13.4. The third kappa shape index (κ3) is 5.71. The van der Waals surface area contributed by atoms with Crippen LogP contribution in [-0.2, 0) is 24.2 Å². The smallest absolute Gasteiger partial charge is 0.241 e. The standard InChI is InChI=1S/C26H30Cl2N4O/c27-14-17-31(18-15-28)21-11-9-20(10-12-21)19-29-30-26(33)13-16-32-24-7-3-1-5-22(24)23-6-2-4-8-25(23)32/h1,3,5,7,9-12,19H,2,4,6,8,13-18H2,(H,30,33). The fourth-order valence-electron chi connectivity index (χ4n) is 4.64. The van der Waals surface area contributed by atoms with E-state index in [0.29, 0.717) is 24.7 Å². The minimum absolute atomic E-state index is 0.0828. The van der Waals surface area contributed by atoms with E-state index in [2.05, 4.69) is 44.3 Å². The number of para-hydroxylation sites is 1. The van der Waals surface area contributed by atoms with E-state index in [1.807, 2.05) is 24.3 Å². The maximum absolute atomic E-state index is 12.5. The minimum Gasteiger partial charge on any atom is -0.369 e. The van der Waals surface area contributed by atoms with Gasteiger partial charge in [0.05, 0.1) is 6.21 Å². The monoisotopic (exact) mass is 484 g/mol. The summed E-state index contributed by atoms with van der Waals surface area (Å²) in [6.45, 7) is 2.16. The number of amides is 1. The van der Waals surface area contributed by atoms with Gasteiger partial charge < -0.3 is 9.47 Å². The molecule has 1 aliphatic carbocycles. The highest BCUT2D eigenvalue weighted by atomic mass is 35.5. The molecule has 2 aromatic carbocycles. The number of fused-ring (bicyclic) bond motifs is 3. The maximum Gasteiger partial charge on any atom is 0.241 e. The molecule has 0 fully saturated rings. The Morgan fingerprint density at radius 3 is 2.52 bits per heavy atom. The van der Waals surface area contributed by atoms with E-state index in [4.69, 9.17) is 23.2 Å². The van der Waals surface area contributed by atoms with Crippen molar-refractivity contribution in [2.75, 3.05) is 29.7 Å². The van der Waals surface area contributed by atoms with Gasteiger partial charge in [0.1, 0.15) is 0 Å². The summed E-state index contributed by atoms with van der Waals surface area (Å²) in [4.78, 5) is 14.6. The number of carbonyl (C=O) groups excluding carboxylic acids is 1. The van der Waals surface area contributed by atoms with E-state index in [9.17, 15) is 4.79 Å².